The minimum absolute atomic E-state index is 0.130. The number of hydrogen-bond acceptors (Lipinski definition) is 3. The Balaban J connectivity index is 2.13. The van der Waals surface area contributed by atoms with Gasteiger partial charge in [-0.25, -0.2) is 0 Å². The molecular weight excluding hydrogens is 218 g/mol. The normalized spacial score (nSPS) is 21.7. The maximum atomic E-state index is 11.9. The highest BCUT2D eigenvalue weighted by molar-refractivity contribution is 6.32. The molecule has 0 bridgehead atoms. The predicted molar refractivity (Wildman–Crippen MR) is 63.0 cm³/mol. The lowest BCUT2D eigenvalue weighted by atomic mass is 10.1. The zero-order chi connectivity index (χ0) is 11.8. The van der Waals surface area contributed by atoms with Crippen molar-refractivity contribution in [2.75, 3.05) is 19.0 Å². The van der Waals surface area contributed by atoms with Crippen LogP contribution in [-0.4, -0.2) is 19.6 Å². The molecule has 86 valence electrons. The van der Waals surface area contributed by atoms with E-state index in [1.54, 1.807) is 13.2 Å². The van der Waals surface area contributed by atoms with Gasteiger partial charge in [0.05, 0.1) is 12.7 Å². The highest BCUT2D eigenvalue weighted by Gasteiger charge is 2.29. The summed E-state index contributed by atoms with van der Waals surface area (Å²) >= 11 is 0. The molecule has 3 rings (SSSR count). The zero-order valence-corrected chi connectivity index (χ0v) is 9.32. The van der Waals surface area contributed by atoms with Crippen LogP contribution in [0.2, 0.25) is 0 Å². The molecule has 0 fully saturated rings. The average molecular weight is 229 g/mol. The molecule has 0 spiro atoms. The third-order valence-electron chi connectivity index (χ3n) is 2.84. The monoisotopic (exact) mass is 229 g/mol. The van der Waals surface area contributed by atoms with E-state index in [0.717, 1.165) is 17.0 Å². The average Bonchev–Trinajstić information content (AvgIpc) is 2.91. The van der Waals surface area contributed by atoms with Crippen LogP contribution in [0.4, 0.5) is 5.69 Å². The molecule has 1 N–H and O–H groups in total. The van der Waals surface area contributed by atoms with Crippen LogP contribution >= 0.6 is 0 Å². The lowest BCUT2D eigenvalue weighted by Crippen LogP contribution is -2.05. The molecular formula is C13H11NO3. The number of ether oxygens (including phenoxy) is 2. The van der Waals surface area contributed by atoms with Crippen molar-refractivity contribution in [3.05, 3.63) is 47.4 Å². The van der Waals surface area contributed by atoms with Gasteiger partial charge >= 0.3 is 0 Å². The SMILES string of the molecule is COC1=C/C(=C2/C(=O)Nc3ccccc32)OC1. The number of anilines is 1. The fourth-order valence-corrected chi connectivity index (χ4v) is 2.00. The first-order valence-electron chi connectivity index (χ1n) is 5.32. The first-order valence-corrected chi connectivity index (χ1v) is 5.32. The smallest absolute Gasteiger partial charge is 0.260 e. The number of hydrogen-bond donors (Lipinski definition) is 1. The van der Waals surface area contributed by atoms with Crippen molar-refractivity contribution >= 4 is 17.2 Å². The van der Waals surface area contributed by atoms with Crippen molar-refractivity contribution in [1.29, 1.82) is 0 Å². The number of carbonyl (C=O) groups excluding carboxylic acids is 1. The van der Waals surface area contributed by atoms with Crippen molar-refractivity contribution in [1.82, 2.24) is 0 Å². The summed E-state index contributed by atoms with van der Waals surface area (Å²) in [5.74, 6) is 1.17. The molecule has 1 aromatic carbocycles. The van der Waals surface area contributed by atoms with Gasteiger partial charge in [-0.2, -0.15) is 0 Å². The standard InChI is InChI=1S/C13H11NO3/c1-16-8-6-11(17-7-8)12-9-4-2-3-5-10(9)14-13(12)15/h2-6H,7H2,1H3,(H,14,15)/b12-11-. The van der Waals surface area contributed by atoms with Crippen LogP contribution in [0.1, 0.15) is 5.56 Å². The van der Waals surface area contributed by atoms with Crippen molar-refractivity contribution in [3.8, 4) is 0 Å². The maximum Gasteiger partial charge on any atom is 0.260 e. The number of methoxy groups -OCH3 is 1. The molecule has 4 nitrogen and oxygen atoms in total. The summed E-state index contributed by atoms with van der Waals surface area (Å²) < 4.78 is 10.6. The quantitative estimate of drug-likeness (QED) is 0.748. The number of amides is 1. The number of rotatable bonds is 1. The van der Waals surface area contributed by atoms with Crippen molar-refractivity contribution < 1.29 is 14.3 Å². The Morgan fingerprint density at radius 1 is 1.35 bits per heavy atom. The Morgan fingerprint density at radius 2 is 2.18 bits per heavy atom. The largest absolute Gasteiger partial charge is 0.497 e. The molecule has 0 aliphatic carbocycles. The Kier molecular flexibility index (Phi) is 2.14. The predicted octanol–water partition coefficient (Wildman–Crippen LogP) is 1.91. The lowest BCUT2D eigenvalue weighted by molar-refractivity contribution is -0.110. The van der Waals surface area contributed by atoms with E-state index in [0.29, 0.717) is 17.9 Å². The fourth-order valence-electron chi connectivity index (χ4n) is 2.00. The molecule has 0 atom stereocenters. The van der Waals surface area contributed by atoms with Gasteiger partial charge in [0.1, 0.15) is 18.1 Å². The summed E-state index contributed by atoms with van der Waals surface area (Å²) in [6.07, 6.45) is 1.76. The van der Waals surface area contributed by atoms with Gasteiger partial charge in [-0.1, -0.05) is 18.2 Å². The summed E-state index contributed by atoms with van der Waals surface area (Å²) in [5, 5.41) is 2.81. The summed E-state index contributed by atoms with van der Waals surface area (Å²) in [6, 6.07) is 7.56. The second kappa shape index (κ2) is 3.66. The number of nitrogens with one attached hydrogen (secondary N) is 1. The molecule has 0 unspecified atom stereocenters. The first-order chi connectivity index (χ1) is 8.29. The molecule has 1 amide bonds. The van der Waals surface area contributed by atoms with Gasteiger partial charge in [0, 0.05) is 17.3 Å². The number of fused-ring (bicyclic) bond motifs is 1. The molecule has 17 heavy (non-hydrogen) atoms. The van der Waals surface area contributed by atoms with Crippen LogP contribution in [0.25, 0.3) is 5.57 Å². The lowest BCUT2D eigenvalue weighted by Gasteiger charge is -2.01. The highest BCUT2D eigenvalue weighted by atomic mass is 16.5. The summed E-state index contributed by atoms with van der Waals surface area (Å²) in [6.45, 7) is 0.380. The van der Waals surface area contributed by atoms with Gasteiger partial charge in [-0.3, -0.25) is 4.79 Å². The van der Waals surface area contributed by atoms with Crippen LogP contribution in [0.5, 0.6) is 0 Å². The van der Waals surface area contributed by atoms with Crippen molar-refractivity contribution in [2.24, 2.45) is 0 Å². The van der Waals surface area contributed by atoms with Crippen molar-refractivity contribution in [2.45, 2.75) is 0 Å². The molecule has 2 heterocycles. The second-order valence-corrected chi connectivity index (χ2v) is 3.84. The van der Waals surface area contributed by atoms with E-state index in [4.69, 9.17) is 9.47 Å². The van der Waals surface area contributed by atoms with Crippen LogP contribution in [-0.2, 0) is 14.3 Å². The molecule has 1 aromatic rings. The topological polar surface area (TPSA) is 47.6 Å². The van der Waals surface area contributed by atoms with Gasteiger partial charge in [-0.15, -0.1) is 0 Å². The van der Waals surface area contributed by atoms with Crippen LogP contribution in [0.15, 0.2) is 41.9 Å². The zero-order valence-electron chi connectivity index (χ0n) is 9.32. The fraction of sp³-hybridized carbons (Fsp3) is 0.154. The number of para-hydroxylation sites is 1. The molecule has 0 aromatic heterocycles. The number of allylic oxidation sites excluding steroid dienone is 1. The van der Waals surface area contributed by atoms with Gasteiger partial charge < -0.3 is 14.8 Å². The Morgan fingerprint density at radius 3 is 2.94 bits per heavy atom. The van der Waals surface area contributed by atoms with Crippen LogP contribution < -0.4 is 5.32 Å². The second-order valence-electron chi connectivity index (χ2n) is 3.84. The van der Waals surface area contributed by atoms with E-state index < -0.39 is 0 Å². The highest BCUT2D eigenvalue weighted by Crippen LogP contribution is 2.35. The van der Waals surface area contributed by atoms with E-state index in [-0.39, 0.29) is 5.91 Å². The Labute approximate surface area is 98.5 Å². The molecule has 2 aliphatic rings. The summed E-state index contributed by atoms with van der Waals surface area (Å²) in [7, 11) is 1.59. The van der Waals surface area contributed by atoms with Crippen LogP contribution in [0.3, 0.4) is 0 Å². The Bertz CT molecular complexity index is 558. The molecule has 4 heteroatoms. The summed E-state index contributed by atoms with van der Waals surface area (Å²) in [5.41, 5.74) is 2.27. The minimum Gasteiger partial charge on any atom is -0.497 e. The number of benzene rings is 1. The number of carbonyl (C=O) groups is 1. The van der Waals surface area contributed by atoms with E-state index in [2.05, 4.69) is 5.32 Å². The third-order valence-corrected chi connectivity index (χ3v) is 2.84. The molecule has 0 saturated heterocycles. The minimum atomic E-state index is -0.130. The van der Waals surface area contributed by atoms with Crippen LogP contribution in [0, 0.1) is 0 Å². The van der Waals surface area contributed by atoms with Gasteiger partial charge in [0.2, 0.25) is 0 Å². The van der Waals surface area contributed by atoms with E-state index >= 15 is 0 Å². The van der Waals surface area contributed by atoms with Crippen molar-refractivity contribution in [3.63, 3.8) is 0 Å². The van der Waals surface area contributed by atoms with Gasteiger partial charge in [-0.05, 0) is 6.07 Å². The Hall–Kier alpha value is -2.23. The van der Waals surface area contributed by atoms with Gasteiger partial charge in [0.15, 0.2) is 0 Å². The van der Waals surface area contributed by atoms with E-state index in [1.807, 2.05) is 24.3 Å². The summed E-state index contributed by atoms with van der Waals surface area (Å²) in [4.78, 5) is 11.9. The maximum absolute atomic E-state index is 11.9. The molecule has 2 aliphatic heterocycles. The molecule has 0 saturated carbocycles. The third kappa shape index (κ3) is 1.49. The first kappa shape index (κ1) is 9.96. The van der Waals surface area contributed by atoms with E-state index in [9.17, 15) is 4.79 Å². The van der Waals surface area contributed by atoms with E-state index in [1.165, 1.54) is 0 Å². The van der Waals surface area contributed by atoms with Gasteiger partial charge in [0.25, 0.3) is 5.91 Å². The molecule has 0 radical (unpaired) electrons.